The number of carbonyl (C=O) groups is 1. The van der Waals surface area contributed by atoms with Crippen LogP contribution in [0.5, 0.6) is 17.2 Å². The van der Waals surface area contributed by atoms with Gasteiger partial charge in [-0.1, -0.05) is 6.07 Å². The number of benzene rings is 2. The van der Waals surface area contributed by atoms with Crippen LogP contribution in [0.25, 0.3) is 11.3 Å². The Morgan fingerprint density at radius 3 is 2.59 bits per heavy atom. The largest absolute Gasteiger partial charge is 0.496 e. The molecule has 178 valence electrons. The van der Waals surface area contributed by atoms with Crippen molar-refractivity contribution in [2.45, 2.75) is 26.0 Å². The molecule has 0 saturated heterocycles. The van der Waals surface area contributed by atoms with Gasteiger partial charge in [0.05, 0.1) is 38.7 Å². The molecule has 1 amide bonds. The second kappa shape index (κ2) is 10.5. The highest BCUT2D eigenvalue weighted by molar-refractivity contribution is 5.98. The number of nitrogens with zero attached hydrogens (tertiary/aromatic N) is 1. The number of rotatable bonds is 10. The molecule has 2 N–H and O–H groups in total. The summed E-state index contributed by atoms with van der Waals surface area (Å²) in [5, 5.41) is 12.5. The van der Waals surface area contributed by atoms with Gasteiger partial charge in [-0.25, -0.2) is 4.39 Å². The second-order valence-corrected chi connectivity index (χ2v) is 8.12. The number of ether oxygens (including phenoxy) is 3. The zero-order valence-corrected chi connectivity index (χ0v) is 19.1. The topological polar surface area (TPSA) is 89.9 Å². The molecule has 1 fully saturated rings. The normalized spacial score (nSPS) is 12.8. The highest BCUT2D eigenvalue weighted by atomic mass is 19.1. The zero-order chi connectivity index (χ0) is 24.1. The van der Waals surface area contributed by atoms with E-state index in [1.807, 2.05) is 6.07 Å². The third-order valence-electron chi connectivity index (χ3n) is 5.72. The van der Waals surface area contributed by atoms with Crippen LogP contribution in [0.1, 0.15) is 34.3 Å². The summed E-state index contributed by atoms with van der Waals surface area (Å²) in [6, 6.07) is 11.5. The fourth-order valence-corrected chi connectivity index (χ4v) is 3.63. The molecular weight excluding hydrogens is 439 g/mol. The van der Waals surface area contributed by atoms with Crippen LogP contribution in [0.2, 0.25) is 0 Å². The van der Waals surface area contributed by atoms with Crippen LogP contribution in [-0.2, 0) is 13.2 Å². The third-order valence-corrected chi connectivity index (χ3v) is 5.72. The van der Waals surface area contributed by atoms with E-state index in [9.17, 15) is 14.3 Å². The van der Waals surface area contributed by atoms with E-state index in [1.54, 1.807) is 30.5 Å². The highest BCUT2D eigenvalue weighted by Gasteiger charge is 2.24. The number of amides is 1. The lowest BCUT2D eigenvalue weighted by Gasteiger charge is -2.15. The number of aliphatic hydroxyl groups is 1. The Labute approximate surface area is 197 Å². The predicted molar refractivity (Wildman–Crippen MR) is 124 cm³/mol. The Bertz CT molecular complexity index is 1180. The van der Waals surface area contributed by atoms with Crippen molar-refractivity contribution in [3.05, 3.63) is 71.2 Å². The maximum Gasteiger partial charge on any atom is 0.255 e. The standard InChI is InChI=1S/C26H27FN2O5/c1-32-23-12-24(33-2)21(27)11-19(23)13-29-26(31)20-10-17(25-18(14-30)4-3-9-28-25)7-8-22(20)34-15-16-5-6-16/h3-4,7-12,16,30H,5-6,13-15H2,1-2H3,(H,29,31). The van der Waals surface area contributed by atoms with E-state index >= 15 is 0 Å². The van der Waals surface area contributed by atoms with E-state index < -0.39 is 5.82 Å². The first-order valence-electron chi connectivity index (χ1n) is 11.0. The van der Waals surface area contributed by atoms with Crippen LogP contribution >= 0.6 is 0 Å². The molecule has 0 spiro atoms. The Balaban J connectivity index is 1.61. The summed E-state index contributed by atoms with van der Waals surface area (Å²) >= 11 is 0. The summed E-state index contributed by atoms with van der Waals surface area (Å²) in [4.78, 5) is 17.6. The molecule has 1 aliphatic rings. The summed E-state index contributed by atoms with van der Waals surface area (Å²) in [6.07, 6.45) is 3.88. The van der Waals surface area contributed by atoms with Gasteiger partial charge in [0.15, 0.2) is 11.6 Å². The van der Waals surface area contributed by atoms with Crippen molar-refractivity contribution in [2.24, 2.45) is 5.92 Å². The monoisotopic (exact) mass is 466 g/mol. The number of aliphatic hydroxyl groups excluding tert-OH is 1. The molecule has 0 bridgehead atoms. The lowest BCUT2D eigenvalue weighted by atomic mass is 10.0. The first-order chi connectivity index (χ1) is 16.5. The molecule has 1 heterocycles. The SMILES string of the molecule is COc1cc(OC)c(CNC(=O)c2cc(-c3ncccc3CO)ccc2OCC2CC2)cc1F. The minimum absolute atomic E-state index is 0.0424. The first-order valence-corrected chi connectivity index (χ1v) is 11.0. The van der Waals surface area contributed by atoms with Crippen molar-refractivity contribution >= 4 is 5.91 Å². The molecule has 4 rings (SSSR count). The van der Waals surface area contributed by atoms with Gasteiger partial charge in [0.25, 0.3) is 5.91 Å². The lowest BCUT2D eigenvalue weighted by Crippen LogP contribution is -2.24. The second-order valence-electron chi connectivity index (χ2n) is 8.12. The van der Waals surface area contributed by atoms with Gasteiger partial charge in [-0.05, 0) is 49.1 Å². The quantitative estimate of drug-likeness (QED) is 0.467. The van der Waals surface area contributed by atoms with E-state index in [1.165, 1.54) is 26.4 Å². The maximum absolute atomic E-state index is 14.2. The number of aromatic nitrogens is 1. The molecular formula is C26H27FN2O5. The van der Waals surface area contributed by atoms with E-state index in [2.05, 4.69) is 10.3 Å². The lowest BCUT2D eigenvalue weighted by molar-refractivity contribution is 0.0946. The minimum atomic E-state index is -0.547. The first kappa shape index (κ1) is 23.5. The van der Waals surface area contributed by atoms with Gasteiger partial charge in [-0.3, -0.25) is 9.78 Å². The number of pyridine rings is 1. The average Bonchev–Trinajstić information content (AvgIpc) is 3.70. The van der Waals surface area contributed by atoms with Gasteiger partial charge < -0.3 is 24.6 Å². The third kappa shape index (κ3) is 5.28. The fraction of sp³-hybridized carbons (Fsp3) is 0.308. The van der Waals surface area contributed by atoms with E-state index in [-0.39, 0.29) is 24.8 Å². The zero-order valence-electron chi connectivity index (χ0n) is 19.1. The smallest absolute Gasteiger partial charge is 0.255 e. The molecule has 0 unspecified atom stereocenters. The Morgan fingerprint density at radius 2 is 1.88 bits per heavy atom. The summed E-state index contributed by atoms with van der Waals surface area (Å²) in [7, 11) is 2.84. The predicted octanol–water partition coefficient (Wildman–Crippen LogP) is 4.12. The van der Waals surface area contributed by atoms with Crippen molar-refractivity contribution < 1.29 is 28.5 Å². The molecule has 1 saturated carbocycles. The molecule has 3 aromatic rings. The van der Waals surface area contributed by atoms with Crippen LogP contribution in [0, 0.1) is 11.7 Å². The van der Waals surface area contributed by atoms with Gasteiger partial charge in [0.1, 0.15) is 11.5 Å². The van der Waals surface area contributed by atoms with E-state index in [0.29, 0.717) is 52.0 Å². The molecule has 1 aliphatic carbocycles. The number of methoxy groups -OCH3 is 2. The van der Waals surface area contributed by atoms with Crippen LogP contribution in [0.15, 0.2) is 48.7 Å². The minimum Gasteiger partial charge on any atom is -0.496 e. The van der Waals surface area contributed by atoms with Crippen molar-refractivity contribution in [1.29, 1.82) is 0 Å². The molecule has 1 aromatic heterocycles. The Kier molecular flexibility index (Phi) is 7.27. The summed E-state index contributed by atoms with van der Waals surface area (Å²) in [5.41, 5.74) is 2.73. The summed E-state index contributed by atoms with van der Waals surface area (Å²) < 4.78 is 30.5. The molecule has 2 aromatic carbocycles. The number of hydrogen-bond donors (Lipinski definition) is 2. The number of hydrogen-bond acceptors (Lipinski definition) is 6. The van der Waals surface area contributed by atoms with Crippen molar-refractivity contribution in [3.8, 4) is 28.5 Å². The number of carbonyl (C=O) groups excluding carboxylic acids is 1. The average molecular weight is 467 g/mol. The van der Waals surface area contributed by atoms with Gasteiger partial charge in [-0.2, -0.15) is 0 Å². The summed E-state index contributed by atoms with van der Waals surface area (Å²) in [5.74, 6) is 0.507. The molecule has 34 heavy (non-hydrogen) atoms. The summed E-state index contributed by atoms with van der Waals surface area (Å²) in [6.45, 7) is 0.413. The maximum atomic E-state index is 14.2. The molecule has 0 radical (unpaired) electrons. The van der Waals surface area contributed by atoms with Gasteiger partial charge >= 0.3 is 0 Å². The van der Waals surface area contributed by atoms with E-state index in [4.69, 9.17) is 14.2 Å². The number of nitrogens with one attached hydrogen (secondary N) is 1. The van der Waals surface area contributed by atoms with Gasteiger partial charge in [0.2, 0.25) is 0 Å². The number of halogens is 1. The van der Waals surface area contributed by atoms with Crippen LogP contribution < -0.4 is 19.5 Å². The molecule has 0 atom stereocenters. The highest BCUT2D eigenvalue weighted by Crippen LogP contribution is 2.33. The fourth-order valence-electron chi connectivity index (χ4n) is 3.63. The van der Waals surface area contributed by atoms with Gasteiger partial charge in [0, 0.05) is 35.5 Å². The molecule has 7 nitrogen and oxygen atoms in total. The van der Waals surface area contributed by atoms with Crippen LogP contribution in [-0.4, -0.2) is 36.8 Å². The van der Waals surface area contributed by atoms with Crippen molar-refractivity contribution in [1.82, 2.24) is 10.3 Å². The molecule has 0 aliphatic heterocycles. The van der Waals surface area contributed by atoms with Crippen LogP contribution in [0.3, 0.4) is 0 Å². The Morgan fingerprint density at radius 1 is 1.09 bits per heavy atom. The van der Waals surface area contributed by atoms with Crippen LogP contribution in [0.4, 0.5) is 4.39 Å². The van der Waals surface area contributed by atoms with E-state index in [0.717, 1.165) is 12.8 Å². The van der Waals surface area contributed by atoms with Crippen molar-refractivity contribution in [2.75, 3.05) is 20.8 Å². The van der Waals surface area contributed by atoms with Crippen molar-refractivity contribution in [3.63, 3.8) is 0 Å². The Hall–Kier alpha value is -3.65. The van der Waals surface area contributed by atoms with Gasteiger partial charge in [-0.15, -0.1) is 0 Å². The molecule has 8 heteroatoms.